The van der Waals surface area contributed by atoms with Gasteiger partial charge < -0.3 is 4.98 Å². The first-order chi connectivity index (χ1) is 10.1. The highest BCUT2D eigenvalue weighted by atomic mass is 79.9. The van der Waals surface area contributed by atoms with Crippen molar-refractivity contribution in [2.75, 3.05) is 5.75 Å². The quantitative estimate of drug-likeness (QED) is 0.528. The zero-order chi connectivity index (χ0) is 14.8. The average Bonchev–Trinajstić information content (AvgIpc) is 2.87. The van der Waals surface area contributed by atoms with E-state index in [0.717, 1.165) is 27.3 Å². The van der Waals surface area contributed by atoms with Crippen molar-refractivity contribution < 1.29 is 4.79 Å². The lowest BCUT2D eigenvalue weighted by Gasteiger charge is -2.05. The summed E-state index contributed by atoms with van der Waals surface area (Å²) in [6.07, 6.45) is 0. The van der Waals surface area contributed by atoms with E-state index < -0.39 is 0 Å². The van der Waals surface area contributed by atoms with Crippen LogP contribution >= 0.6 is 28.7 Å². The molecule has 0 saturated carbocycles. The van der Waals surface area contributed by atoms with Crippen LogP contribution in [-0.2, 0) is 0 Å². The molecule has 0 saturated heterocycles. The van der Waals surface area contributed by atoms with E-state index in [0.29, 0.717) is 5.75 Å². The number of imidazole rings is 1. The van der Waals surface area contributed by atoms with Crippen molar-refractivity contribution in [2.24, 2.45) is 0 Å². The lowest BCUT2D eigenvalue weighted by Crippen LogP contribution is -2.05. The number of carbonyl (C=O) groups excluding carboxylic acids is 1. The molecular weight excluding hydrogens is 360 g/mol. The van der Waals surface area contributed by atoms with Crippen LogP contribution in [0.5, 0.6) is 0 Å². The number of nitrogens with one attached hydrogen (secondary N) is 1. The Morgan fingerprint density at radius 3 is 2.68 bits per heavy atom. The Bertz CT molecular complexity index is 780. The van der Waals surface area contributed by atoms with Gasteiger partial charge in [0.1, 0.15) is 0 Å². The predicted molar refractivity (Wildman–Crippen MR) is 97.4 cm³/mol. The van der Waals surface area contributed by atoms with Gasteiger partial charge in [0.2, 0.25) is 0 Å². The SMILES string of the molecule is Br.Cc1ccc(C(=O)CSc2nc3ccccc3[nH]2)c(C)c1. The molecule has 1 heterocycles. The van der Waals surface area contributed by atoms with Crippen molar-refractivity contribution in [3.05, 3.63) is 59.2 Å². The van der Waals surface area contributed by atoms with Crippen LogP contribution in [0.1, 0.15) is 21.5 Å². The molecule has 2 aromatic carbocycles. The molecule has 0 bridgehead atoms. The fourth-order valence-corrected chi connectivity index (χ4v) is 3.10. The summed E-state index contributed by atoms with van der Waals surface area (Å²) in [6.45, 7) is 4.01. The highest BCUT2D eigenvalue weighted by Gasteiger charge is 2.11. The van der Waals surface area contributed by atoms with Crippen LogP contribution in [0.3, 0.4) is 0 Å². The summed E-state index contributed by atoms with van der Waals surface area (Å²) in [4.78, 5) is 20.0. The van der Waals surface area contributed by atoms with Crippen LogP contribution in [0.2, 0.25) is 0 Å². The van der Waals surface area contributed by atoms with E-state index in [9.17, 15) is 4.79 Å². The maximum atomic E-state index is 12.3. The molecule has 3 nitrogen and oxygen atoms in total. The van der Waals surface area contributed by atoms with Crippen molar-refractivity contribution in [3.63, 3.8) is 0 Å². The lowest BCUT2D eigenvalue weighted by molar-refractivity contribution is 0.102. The van der Waals surface area contributed by atoms with Gasteiger partial charge in [-0.15, -0.1) is 17.0 Å². The smallest absolute Gasteiger partial charge is 0.173 e. The number of aromatic amines is 1. The van der Waals surface area contributed by atoms with Crippen molar-refractivity contribution in [1.29, 1.82) is 0 Å². The number of aryl methyl sites for hydroxylation is 2. The molecule has 1 aromatic heterocycles. The number of ketones is 1. The van der Waals surface area contributed by atoms with E-state index in [-0.39, 0.29) is 22.8 Å². The standard InChI is InChI=1S/C17H16N2OS.BrH/c1-11-7-8-13(12(2)9-11)16(20)10-21-17-18-14-5-3-4-6-15(14)19-17;/h3-9H,10H2,1-2H3,(H,18,19);1H. The summed E-state index contributed by atoms with van der Waals surface area (Å²) in [7, 11) is 0. The number of rotatable bonds is 4. The fourth-order valence-electron chi connectivity index (χ4n) is 2.34. The number of halogens is 1. The molecule has 5 heteroatoms. The summed E-state index contributed by atoms with van der Waals surface area (Å²) in [5.74, 6) is 0.530. The first kappa shape index (κ1) is 16.8. The molecule has 22 heavy (non-hydrogen) atoms. The first-order valence-electron chi connectivity index (χ1n) is 6.81. The number of carbonyl (C=O) groups is 1. The number of nitrogens with zero attached hydrogens (tertiary/aromatic N) is 1. The second-order valence-corrected chi connectivity index (χ2v) is 6.05. The van der Waals surface area contributed by atoms with Crippen LogP contribution in [0.25, 0.3) is 11.0 Å². The molecule has 0 aliphatic carbocycles. The van der Waals surface area contributed by atoms with Crippen LogP contribution in [-0.4, -0.2) is 21.5 Å². The van der Waals surface area contributed by atoms with Crippen LogP contribution < -0.4 is 0 Å². The monoisotopic (exact) mass is 376 g/mol. The average molecular weight is 377 g/mol. The summed E-state index contributed by atoms with van der Waals surface area (Å²) in [5.41, 5.74) is 4.93. The van der Waals surface area contributed by atoms with E-state index in [4.69, 9.17) is 0 Å². The minimum absolute atomic E-state index is 0. The van der Waals surface area contributed by atoms with Gasteiger partial charge in [-0.2, -0.15) is 0 Å². The van der Waals surface area contributed by atoms with Gasteiger partial charge in [0.25, 0.3) is 0 Å². The molecule has 0 amide bonds. The van der Waals surface area contributed by atoms with Gasteiger partial charge in [-0.25, -0.2) is 4.98 Å². The first-order valence-corrected chi connectivity index (χ1v) is 7.80. The summed E-state index contributed by atoms with van der Waals surface area (Å²) in [5, 5.41) is 0.786. The van der Waals surface area contributed by atoms with Gasteiger partial charge in [0.05, 0.1) is 16.8 Å². The maximum Gasteiger partial charge on any atom is 0.173 e. The van der Waals surface area contributed by atoms with Gasteiger partial charge in [0, 0.05) is 5.56 Å². The van der Waals surface area contributed by atoms with E-state index >= 15 is 0 Å². The molecule has 0 spiro atoms. The van der Waals surface area contributed by atoms with E-state index in [1.807, 2.05) is 56.3 Å². The number of benzene rings is 2. The van der Waals surface area contributed by atoms with Crippen molar-refractivity contribution >= 4 is 45.6 Å². The zero-order valence-electron chi connectivity index (χ0n) is 12.4. The number of aromatic nitrogens is 2. The summed E-state index contributed by atoms with van der Waals surface area (Å²) in [6, 6.07) is 13.8. The summed E-state index contributed by atoms with van der Waals surface area (Å²) >= 11 is 1.45. The highest BCUT2D eigenvalue weighted by molar-refractivity contribution is 8.93. The molecular formula is C17H17BrN2OS. The van der Waals surface area contributed by atoms with Gasteiger partial charge in [-0.1, -0.05) is 47.7 Å². The fraction of sp³-hybridized carbons (Fsp3) is 0.176. The zero-order valence-corrected chi connectivity index (χ0v) is 15.0. The van der Waals surface area contributed by atoms with E-state index in [2.05, 4.69) is 9.97 Å². The molecule has 0 aliphatic heterocycles. The minimum Gasteiger partial charge on any atom is -0.333 e. The highest BCUT2D eigenvalue weighted by Crippen LogP contribution is 2.21. The molecule has 0 unspecified atom stereocenters. The maximum absolute atomic E-state index is 12.3. The molecule has 0 atom stereocenters. The number of hydrogen-bond donors (Lipinski definition) is 1. The van der Waals surface area contributed by atoms with Crippen LogP contribution in [0, 0.1) is 13.8 Å². The third-order valence-electron chi connectivity index (χ3n) is 3.39. The molecule has 1 N–H and O–H groups in total. The Morgan fingerprint density at radius 1 is 1.18 bits per heavy atom. The third kappa shape index (κ3) is 3.59. The van der Waals surface area contributed by atoms with Crippen molar-refractivity contribution in [1.82, 2.24) is 9.97 Å². The Kier molecular flexibility index (Phi) is 5.42. The molecule has 3 aromatic rings. The van der Waals surface area contributed by atoms with Crippen LogP contribution in [0.4, 0.5) is 0 Å². The van der Waals surface area contributed by atoms with Gasteiger partial charge in [0.15, 0.2) is 10.9 Å². The Hall–Kier alpha value is -1.59. The number of fused-ring (bicyclic) bond motifs is 1. The van der Waals surface area contributed by atoms with Crippen LogP contribution in [0.15, 0.2) is 47.6 Å². The second kappa shape index (κ2) is 7.11. The van der Waals surface area contributed by atoms with Crippen molar-refractivity contribution in [2.45, 2.75) is 19.0 Å². The van der Waals surface area contributed by atoms with E-state index in [1.165, 1.54) is 17.3 Å². The van der Waals surface area contributed by atoms with Gasteiger partial charge in [-0.3, -0.25) is 4.79 Å². The Balaban J connectivity index is 0.00000176. The van der Waals surface area contributed by atoms with Gasteiger partial charge >= 0.3 is 0 Å². The number of para-hydroxylation sites is 2. The largest absolute Gasteiger partial charge is 0.333 e. The number of H-pyrrole nitrogens is 1. The Morgan fingerprint density at radius 2 is 1.95 bits per heavy atom. The minimum atomic E-state index is 0. The lowest BCUT2D eigenvalue weighted by atomic mass is 10.0. The molecule has 0 aliphatic rings. The topological polar surface area (TPSA) is 45.8 Å². The molecule has 114 valence electrons. The molecule has 3 rings (SSSR count). The third-order valence-corrected chi connectivity index (χ3v) is 4.26. The number of thioether (sulfide) groups is 1. The molecule has 0 fully saturated rings. The number of hydrogen-bond acceptors (Lipinski definition) is 3. The Labute approximate surface area is 144 Å². The predicted octanol–water partition coefficient (Wildman–Crippen LogP) is 4.73. The normalized spacial score (nSPS) is 10.5. The summed E-state index contributed by atoms with van der Waals surface area (Å²) < 4.78 is 0. The van der Waals surface area contributed by atoms with E-state index in [1.54, 1.807) is 0 Å². The van der Waals surface area contributed by atoms with Gasteiger partial charge in [-0.05, 0) is 31.5 Å². The van der Waals surface area contributed by atoms with Crippen molar-refractivity contribution in [3.8, 4) is 0 Å². The molecule has 0 radical (unpaired) electrons. The number of Topliss-reactive ketones (excluding diaryl/α,β-unsaturated/α-hetero) is 1. The second-order valence-electron chi connectivity index (χ2n) is 5.09.